The second-order valence-electron chi connectivity index (χ2n) is 4.14. The largest absolute Gasteiger partial charge is 0.306 e. The zero-order valence-electron chi connectivity index (χ0n) is 9.86. The molecule has 0 heterocycles. The molecule has 1 N–H and O–H groups in total. The van der Waals surface area contributed by atoms with E-state index in [1.807, 2.05) is 31.2 Å². The van der Waals surface area contributed by atoms with Crippen molar-refractivity contribution in [3.8, 4) is 0 Å². The van der Waals surface area contributed by atoms with Crippen LogP contribution in [0.1, 0.15) is 24.1 Å². The van der Waals surface area contributed by atoms with Crippen LogP contribution in [0.3, 0.4) is 0 Å². The summed E-state index contributed by atoms with van der Waals surface area (Å²) in [6.07, 6.45) is 0. The first-order valence-electron chi connectivity index (χ1n) is 5.78. The van der Waals surface area contributed by atoms with Crippen molar-refractivity contribution in [1.29, 1.82) is 0 Å². The molecule has 17 heavy (non-hydrogen) atoms. The van der Waals surface area contributed by atoms with Crippen LogP contribution in [0.5, 0.6) is 0 Å². The summed E-state index contributed by atoms with van der Waals surface area (Å²) in [5, 5.41) is 3.38. The minimum absolute atomic E-state index is 0.144. The lowest BCUT2D eigenvalue weighted by Crippen LogP contribution is -2.18. The van der Waals surface area contributed by atoms with E-state index in [9.17, 15) is 4.39 Å². The van der Waals surface area contributed by atoms with Gasteiger partial charge in [0.15, 0.2) is 0 Å². The monoisotopic (exact) mass is 229 g/mol. The van der Waals surface area contributed by atoms with E-state index in [4.69, 9.17) is 0 Å². The van der Waals surface area contributed by atoms with Crippen molar-refractivity contribution in [3.05, 3.63) is 71.5 Å². The van der Waals surface area contributed by atoms with E-state index in [1.54, 1.807) is 12.1 Å². The van der Waals surface area contributed by atoms with Crippen molar-refractivity contribution in [2.24, 2.45) is 0 Å². The second kappa shape index (κ2) is 5.60. The molecule has 0 fully saturated rings. The minimum Gasteiger partial charge on any atom is -0.306 e. The molecule has 2 aromatic rings. The summed E-state index contributed by atoms with van der Waals surface area (Å²) in [5.74, 6) is -0.184. The predicted octanol–water partition coefficient (Wildman–Crippen LogP) is 3.68. The van der Waals surface area contributed by atoms with Gasteiger partial charge < -0.3 is 5.32 Å². The molecule has 1 atom stereocenters. The normalized spacial score (nSPS) is 12.4. The van der Waals surface area contributed by atoms with Crippen molar-refractivity contribution in [1.82, 2.24) is 5.32 Å². The Hall–Kier alpha value is -1.67. The first kappa shape index (κ1) is 11.8. The standard InChI is InChI=1S/C15H16FN/c1-12(14-8-5-9-15(16)10-14)17-11-13-6-3-2-4-7-13/h2-10,12,17H,11H2,1H3/t12-/m0/s1. The van der Waals surface area contributed by atoms with E-state index in [1.165, 1.54) is 11.6 Å². The summed E-state index contributed by atoms with van der Waals surface area (Å²) in [4.78, 5) is 0. The Morgan fingerprint density at radius 3 is 2.53 bits per heavy atom. The van der Waals surface area contributed by atoms with Gasteiger partial charge in [-0.1, -0.05) is 42.5 Å². The molecule has 2 heteroatoms. The Labute approximate surface area is 101 Å². The van der Waals surface area contributed by atoms with Gasteiger partial charge in [0.1, 0.15) is 5.82 Å². The van der Waals surface area contributed by atoms with Gasteiger partial charge in [-0.15, -0.1) is 0 Å². The maximum atomic E-state index is 13.1. The molecular weight excluding hydrogens is 213 g/mol. The van der Waals surface area contributed by atoms with Gasteiger partial charge in [-0.25, -0.2) is 4.39 Å². The fourth-order valence-electron chi connectivity index (χ4n) is 1.76. The third-order valence-corrected chi connectivity index (χ3v) is 2.80. The predicted molar refractivity (Wildman–Crippen MR) is 68.1 cm³/mol. The van der Waals surface area contributed by atoms with E-state index in [-0.39, 0.29) is 11.9 Å². The Kier molecular flexibility index (Phi) is 3.89. The van der Waals surface area contributed by atoms with Crippen molar-refractivity contribution in [2.45, 2.75) is 19.5 Å². The molecule has 0 bridgehead atoms. The quantitative estimate of drug-likeness (QED) is 0.843. The molecule has 0 saturated heterocycles. The smallest absolute Gasteiger partial charge is 0.123 e. The van der Waals surface area contributed by atoms with Crippen LogP contribution in [0.15, 0.2) is 54.6 Å². The first-order chi connectivity index (χ1) is 8.25. The highest BCUT2D eigenvalue weighted by Crippen LogP contribution is 2.14. The molecule has 0 saturated carbocycles. The molecule has 2 aromatic carbocycles. The van der Waals surface area contributed by atoms with Gasteiger partial charge in [0.25, 0.3) is 0 Å². The Balaban J connectivity index is 1.96. The Bertz CT molecular complexity index is 467. The van der Waals surface area contributed by atoms with Gasteiger partial charge >= 0.3 is 0 Å². The molecule has 2 rings (SSSR count). The molecule has 0 spiro atoms. The summed E-state index contributed by atoms with van der Waals surface area (Å²) in [6.45, 7) is 2.83. The van der Waals surface area contributed by atoms with E-state index in [0.29, 0.717) is 0 Å². The molecule has 0 unspecified atom stereocenters. The molecule has 0 radical (unpaired) electrons. The van der Waals surface area contributed by atoms with Gasteiger partial charge in [0, 0.05) is 12.6 Å². The first-order valence-corrected chi connectivity index (χ1v) is 5.78. The number of hydrogen-bond donors (Lipinski definition) is 1. The zero-order valence-corrected chi connectivity index (χ0v) is 9.86. The fraction of sp³-hybridized carbons (Fsp3) is 0.200. The molecule has 0 aliphatic rings. The minimum atomic E-state index is -0.184. The Morgan fingerprint density at radius 2 is 1.82 bits per heavy atom. The SMILES string of the molecule is C[C@H](NCc1ccccc1)c1cccc(F)c1. The molecular formula is C15H16FN. The van der Waals surface area contributed by atoms with Crippen LogP contribution in [0.2, 0.25) is 0 Å². The van der Waals surface area contributed by atoms with Crippen molar-refractivity contribution in [2.75, 3.05) is 0 Å². The number of rotatable bonds is 4. The summed E-state index contributed by atoms with van der Waals surface area (Å²) < 4.78 is 13.1. The average molecular weight is 229 g/mol. The van der Waals surface area contributed by atoms with Gasteiger partial charge in [0.2, 0.25) is 0 Å². The summed E-state index contributed by atoms with van der Waals surface area (Å²) >= 11 is 0. The van der Waals surface area contributed by atoms with Gasteiger partial charge in [0.05, 0.1) is 0 Å². The third kappa shape index (κ3) is 3.40. The van der Waals surface area contributed by atoms with E-state index in [2.05, 4.69) is 17.4 Å². The van der Waals surface area contributed by atoms with Crippen LogP contribution in [0.25, 0.3) is 0 Å². The number of halogens is 1. The highest BCUT2D eigenvalue weighted by atomic mass is 19.1. The number of benzene rings is 2. The van der Waals surface area contributed by atoms with Crippen LogP contribution in [-0.2, 0) is 6.54 Å². The van der Waals surface area contributed by atoms with E-state index < -0.39 is 0 Å². The van der Waals surface area contributed by atoms with E-state index >= 15 is 0 Å². The lowest BCUT2D eigenvalue weighted by Gasteiger charge is -2.14. The van der Waals surface area contributed by atoms with Gasteiger partial charge in [-0.2, -0.15) is 0 Å². The van der Waals surface area contributed by atoms with Gasteiger partial charge in [-0.3, -0.25) is 0 Å². The lowest BCUT2D eigenvalue weighted by atomic mass is 10.1. The van der Waals surface area contributed by atoms with E-state index in [0.717, 1.165) is 12.1 Å². The zero-order chi connectivity index (χ0) is 12.1. The average Bonchev–Trinajstić information content (AvgIpc) is 2.37. The van der Waals surface area contributed by atoms with Gasteiger partial charge in [-0.05, 0) is 30.2 Å². The van der Waals surface area contributed by atoms with Crippen molar-refractivity contribution in [3.63, 3.8) is 0 Å². The van der Waals surface area contributed by atoms with Crippen LogP contribution in [-0.4, -0.2) is 0 Å². The van der Waals surface area contributed by atoms with Crippen LogP contribution in [0, 0.1) is 5.82 Å². The molecule has 0 amide bonds. The number of nitrogens with one attached hydrogen (secondary N) is 1. The lowest BCUT2D eigenvalue weighted by molar-refractivity contribution is 0.565. The molecule has 1 nitrogen and oxygen atoms in total. The second-order valence-corrected chi connectivity index (χ2v) is 4.14. The van der Waals surface area contributed by atoms with Crippen LogP contribution >= 0.6 is 0 Å². The topological polar surface area (TPSA) is 12.0 Å². The highest BCUT2D eigenvalue weighted by molar-refractivity contribution is 5.20. The highest BCUT2D eigenvalue weighted by Gasteiger charge is 2.05. The van der Waals surface area contributed by atoms with Crippen LogP contribution in [0.4, 0.5) is 4.39 Å². The molecule has 0 aliphatic heterocycles. The third-order valence-electron chi connectivity index (χ3n) is 2.80. The summed E-state index contributed by atoms with van der Waals surface area (Å²) in [5.41, 5.74) is 2.21. The Morgan fingerprint density at radius 1 is 1.06 bits per heavy atom. The molecule has 88 valence electrons. The maximum absolute atomic E-state index is 13.1. The summed E-state index contributed by atoms with van der Waals surface area (Å²) in [7, 11) is 0. The van der Waals surface area contributed by atoms with Crippen molar-refractivity contribution >= 4 is 0 Å². The molecule has 0 aromatic heterocycles. The number of hydrogen-bond acceptors (Lipinski definition) is 1. The summed E-state index contributed by atoms with van der Waals surface area (Å²) in [6, 6.07) is 17.0. The molecule has 0 aliphatic carbocycles. The maximum Gasteiger partial charge on any atom is 0.123 e. The van der Waals surface area contributed by atoms with Crippen molar-refractivity contribution < 1.29 is 4.39 Å². The fourth-order valence-corrected chi connectivity index (χ4v) is 1.76. The van der Waals surface area contributed by atoms with Crippen LogP contribution < -0.4 is 5.32 Å².